The van der Waals surface area contributed by atoms with E-state index in [1.807, 2.05) is 18.2 Å². The molecule has 0 bridgehead atoms. The summed E-state index contributed by atoms with van der Waals surface area (Å²) in [6.07, 6.45) is 0. The zero-order valence-corrected chi connectivity index (χ0v) is 11.9. The normalized spacial score (nSPS) is 12.4. The third-order valence-electron chi connectivity index (χ3n) is 2.27. The number of benzene rings is 1. The van der Waals surface area contributed by atoms with E-state index in [0.717, 1.165) is 15.2 Å². The van der Waals surface area contributed by atoms with Crippen molar-refractivity contribution < 1.29 is 0 Å². The van der Waals surface area contributed by atoms with Gasteiger partial charge in [-0.25, -0.2) is 0 Å². The van der Waals surface area contributed by atoms with E-state index in [4.69, 9.17) is 11.6 Å². The van der Waals surface area contributed by atoms with Crippen molar-refractivity contribution in [2.24, 2.45) is 0 Å². The third kappa shape index (κ3) is 2.78. The molecule has 2 aromatic rings. The summed E-state index contributed by atoms with van der Waals surface area (Å²) in [4.78, 5) is 1.33. The topological polar surface area (TPSA) is 12.0 Å². The average Bonchev–Trinajstić information content (AvgIpc) is 2.77. The maximum Gasteiger partial charge on any atom is 0.0578 e. The van der Waals surface area contributed by atoms with Crippen LogP contribution >= 0.6 is 38.9 Å². The molecule has 0 spiro atoms. The van der Waals surface area contributed by atoms with E-state index in [1.165, 1.54) is 4.88 Å². The number of rotatable bonds is 3. The molecule has 16 heavy (non-hydrogen) atoms. The van der Waals surface area contributed by atoms with Crippen LogP contribution in [0.2, 0.25) is 5.02 Å². The predicted molar refractivity (Wildman–Crippen MR) is 75.5 cm³/mol. The second-order valence-corrected chi connectivity index (χ2v) is 5.75. The van der Waals surface area contributed by atoms with Gasteiger partial charge in [0.05, 0.1) is 11.1 Å². The smallest absolute Gasteiger partial charge is 0.0578 e. The van der Waals surface area contributed by atoms with Gasteiger partial charge in [-0.15, -0.1) is 11.3 Å². The lowest BCUT2D eigenvalue weighted by molar-refractivity contribution is 0.908. The van der Waals surface area contributed by atoms with Crippen LogP contribution in [-0.2, 0) is 0 Å². The van der Waals surface area contributed by atoms with Gasteiger partial charge in [0, 0.05) is 15.0 Å². The summed E-state index contributed by atoms with van der Waals surface area (Å²) in [6.45, 7) is 2.15. The molecule has 0 fully saturated rings. The maximum absolute atomic E-state index is 5.94. The molecule has 1 nitrogen and oxygen atoms in total. The molecule has 0 amide bonds. The summed E-state index contributed by atoms with van der Waals surface area (Å²) in [6, 6.07) is 10.4. The van der Waals surface area contributed by atoms with Crippen molar-refractivity contribution in [3.63, 3.8) is 0 Å². The molecule has 0 aliphatic rings. The van der Waals surface area contributed by atoms with E-state index >= 15 is 0 Å². The molecule has 0 radical (unpaired) electrons. The largest absolute Gasteiger partial charge is 0.378 e. The van der Waals surface area contributed by atoms with Gasteiger partial charge < -0.3 is 5.32 Å². The molecule has 1 atom stereocenters. The zero-order chi connectivity index (χ0) is 11.5. The summed E-state index contributed by atoms with van der Waals surface area (Å²) >= 11 is 11.1. The fraction of sp³-hybridized carbons (Fsp3) is 0.167. The monoisotopic (exact) mass is 315 g/mol. The summed E-state index contributed by atoms with van der Waals surface area (Å²) in [5.74, 6) is 0. The first kappa shape index (κ1) is 12.0. The van der Waals surface area contributed by atoms with Gasteiger partial charge in [0.25, 0.3) is 0 Å². The van der Waals surface area contributed by atoms with E-state index < -0.39 is 0 Å². The van der Waals surface area contributed by atoms with Gasteiger partial charge in [0.2, 0.25) is 0 Å². The molecule has 2 rings (SSSR count). The van der Waals surface area contributed by atoms with E-state index in [9.17, 15) is 0 Å². The van der Waals surface area contributed by atoms with Crippen LogP contribution in [0.1, 0.15) is 17.8 Å². The van der Waals surface area contributed by atoms with E-state index in [-0.39, 0.29) is 0 Å². The van der Waals surface area contributed by atoms with Crippen molar-refractivity contribution in [2.45, 2.75) is 13.0 Å². The number of thiophene rings is 1. The van der Waals surface area contributed by atoms with Crippen LogP contribution in [0, 0.1) is 0 Å². The molecule has 0 aliphatic carbocycles. The number of anilines is 1. The lowest BCUT2D eigenvalue weighted by Crippen LogP contribution is -2.04. The Hall–Kier alpha value is -0.510. The summed E-state index contributed by atoms with van der Waals surface area (Å²) < 4.78 is 0.914. The molecule has 0 saturated carbocycles. The van der Waals surface area contributed by atoms with Gasteiger partial charge >= 0.3 is 0 Å². The van der Waals surface area contributed by atoms with Gasteiger partial charge in [0.15, 0.2) is 0 Å². The Bertz CT molecular complexity index is 470. The Labute approximate surface area is 113 Å². The van der Waals surface area contributed by atoms with Gasteiger partial charge in [-0.2, -0.15) is 0 Å². The molecule has 1 aromatic carbocycles. The highest BCUT2D eigenvalue weighted by Gasteiger charge is 2.06. The van der Waals surface area contributed by atoms with E-state index in [2.05, 4.69) is 45.7 Å². The lowest BCUT2D eigenvalue weighted by Gasteiger charge is -2.14. The van der Waals surface area contributed by atoms with Crippen LogP contribution in [0.3, 0.4) is 0 Å². The standard InChI is InChI=1S/C12H11BrClNS/c1-8(12-3-2-6-16-12)15-9-4-5-11(14)10(13)7-9/h2-8,15H,1H3. The minimum atomic E-state index is 0.313. The fourth-order valence-corrected chi connectivity index (χ4v) is 2.68. The van der Waals surface area contributed by atoms with E-state index in [1.54, 1.807) is 11.3 Å². The molecule has 1 heterocycles. The number of hydrogen-bond donors (Lipinski definition) is 1. The molecule has 0 saturated heterocycles. The van der Waals surface area contributed by atoms with E-state index in [0.29, 0.717) is 6.04 Å². The molecular weight excluding hydrogens is 306 g/mol. The number of hydrogen-bond acceptors (Lipinski definition) is 2. The molecule has 0 aliphatic heterocycles. The third-order valence-corrected chi connectivity index (χ3v) is 4.54. The SMILES string of the molecule is CC(Nc1ccc(Cl)c(Br)c1)c1cccs1. The molecule has 1 aromatic heterocycles. The second kappa shape index (κ2) is 5.21. The van der Waals surface area contributed by atoms with Crippen molar-refractivity contribution in [2.75, 3.05) is 5.32 Å². The van der Waals surface area contributed by atoms with Crippen LogP contribution in [0.4, 0.5) is 5.69 Å². The molecular formula is C12H11BrClNS. The summed E-state index contributed by atoms with van der Waals surface area (Å²) in [7, 11) is 0. The summed E-state index contributed by atoms with van der Waals surface area (Å²) in [5.41, 5.74) is 1.07. The Morgan fingerprint density at radius 3 is 2.81 bits per heavy atom. The van der Waals surface area contributed by atoms with Crippen molar-refractivity contribution in [3.8, 4) is 0 Å². The van der Waals surface area contributed by atoms with Crippen LogP contribution in [-0.4, -0.2) is 0 Å². The van der Waals surface area contributed by atoms with Crippen molar-refractivity contribution in [1.29, 1.82) is 0 Å². The molecule has 1 N–H and O–H groups in total. The highest BCUT2D eigenvalue weighted by Crippen LogP contribution is 2.28. The Morgan fingerprint density at radius 2 is 2.19 bits per heavy atom. The minimum absolute atomic E-state index is 0.313. The zero-order valence-electron chi connectivity index (χ0n) is 8.71. The van der Waals surface area contributed by atoms with Crippen molar-refractivity contribution in [3.05, 3.63) is 50.1 Å². The maximum atomic E-state index is 5.94. The Kier molecular flexibility index (Phi) is 3.90. The van der Waals surface area contributed by atoms with Crippen LogP contribution in [0.5, 0.6) is 0 Å². The molecule has 84 valence electrons. The quantitative estimate of drug-likeness (QED) is 0.806. The first-order valence-electron chi connectivity index (χ1n) is 4.92. The highest BCUT2D eigenvalue weighted by atomic mass is 79.9. The minimum Gasteiger partial charge on any atom is -0.378 e. The van der Waals surface area contributed by atoms with Gasteiger partial charge in [-0.05, 0) is 52.5 Å². The van der Waals surface area contributed by atoms with Crippen molar-refractivity contribution >= 4 is 44.6 Å². The lowest BCUT2D eigenvalue weighted by atomic mass is 10.2. The molecule has 4 heteroatoms. The predicted octanol–water partition coefficient (Wildman–Crippen LogP) is 5.34. The Morgan fingerprint density at radius 1 is 1.38 bits per heavy atom. The van der Waals surface area contributed by atoms with Crippen molar-refractivity contribution in [1.82, 2.24) is 0 Å². The van der Waals surface area contributed by atoms with Crippen LogP contribution in [0.15, 0.2) is 40.2 Å². The van der Waals surface area contributed by atoms with Gasteiger partial charge in [-0.1, -0.05) is 17.7 Å². The molecule has 1 unspecified atom stereocenters. The fourth-order valence-electron chi connectivity index (χ4n) is 1.44. The Balaban J connectivity index is 2.12. The first-order chi connectivity index (χ1) is 7.66. The van der Waals surface area contributed by atoms with Crippen LogP contribution < -0.4 is 5.32 Å². The van der Waals surface area contributed by atoms with Gasteiger partial charge in [-0.3, -0.25) is 0 Å². The first-order valence-corrected chi connectivity index (χ1v) is 6.97. The highest BCUT2D eigenvalue weighted by molar-refractivity contribution is 9.10. The number of halogens is 2. The van der Waals surface area contributed by atoms with Gasteiger partial charge in [0.1, 0.15) is 0 Å². The second-order valence-electron chi connectivity index (χ2n) is 3.51. The average molecular weight is 317 g/mol. The summed E-state index contributed by atoms with van der Waals surface area (Å²) in [5, 5.41) is 6.25. The van der Waals surface area contributed by atoms with Crippen LogP contribution in [0.25, 0.3) is 0 Å². The number of nitrogens with one attached hydrogen (secondary N) is 1.